The second-order valence-electron chi connectivity index (χ2n) is 4.37. The van der Waals surface area contributed by atoms with Crippen molar-refractivity contribution in [3.05, 3.63) is 28.2 Å². The highest BCUT2D eigenvalue weighted by Crippen LogP contribution is 2.24. The van der Waals surface area contributed by atoms with Crippen molar-refractivity contribution in [1.29, 1.82) is 0 Å². The minimum absolute atomic E-state index is 0.0115. The number of nitrogens with one attached hydrogen (secondary N) is 1. The maximum Gasteiger partial charge on any atom is 0.255 e. The van der Waals surface area contributed by atoms with E-state index in [1.54, 1.807) is 25.1 Å². The van der Waals surface area contributed by atoms with Gasteiger partial charge in [0.25, 0.3) is 5.91 Å². The largest absolute Gasteiger partial charge is 0.490 e. The van der Waals surface area contributed by atoms with E-state index in [9.17, 15) is 4.79 Å². The molecule has 1 aromatic rings. The van der Waals surface area contributed by atoms with Crippen molar-refractivity contribution in [3.8, 4) is 5.75 Å². The molecule has 1 rings (SSSR count). The zero-order valence-corrected chi connectivity index (χ0v) is 12.3. The van der Waals surface area contributed by atoms with Gasteiger partial charge in [-0.15, -0.1) is 0 Å². The molecule has 1 aromatic carbocycles. The summed E-state index contributed by atoms with van der Waals surface area (Å²) < 4.78 is 6.45. The molecular formula is C13H18BrNO3. The molecule has 0 aliphatic carbocycles. The van der Waals surface area contributed by atoms with Gasteiger partial charge >= 0.3 is 0 Å². The molecule has 0 fully saturated rings. The molecular weight excluding hydrogens is 298 g/mol. The molecule has 1 atom stereocenters. The fraction of sp³-hybridized carbons (Fsp3) is 0.462. The maximum atomic E-state index is 11.9. The predicted octanol–water partition coefficient (Wildman–Crippen LogP) is 2.35. The zero-order valence-electron chi connectivity index (χ0n) is 10.7. The van der Waals surface area contributed by atoms with Crippen LogP contribution in [0.2, 0.25) is 0 Å². The van der Waals surface area contributed by atoms with Gasteiger partial charge in [0.1, 0.15) is 5.75 Å². The van der Waals surface area contributed by atoms with Gasteiger partial charge in [-0.1, -0.05) is 15.9 Å². The molecule has 4 nitrogen and oxygen atoms in total. The Labute approximate surface area is 115 Å². The quantitative estimate of drug-likeness (QED) is 0.877. The van der Waals surface area contributed by atoms with Crippen molar-refractivity contribution in [2.75, 3.05) is 6.54 Å². The van der Waals surface area contributed by atoms with Crippen LogP contribution in [0.5, 0.6) is 5.75 Å². The molecule has 100 valence electrons. The van der Waals surface area contributed by atoms with E-state index in [1.807, 2.05) is 13.8 Å². The number of carbonyl (C=O) groups is 1. The minimum atomic E-state index is -0.570. The summed E-state index contributed by atoms with van der Waals surface area (Å²) in [5.41, 5.74) is 0.465. The summed E-state index contributed by atoms with van der Waals surface area (Å²) in [5, 5.41) is 11.8. The van der Waals surface area contributed by atoms with Gasteiger partial charge in [0.05, 0.1) is 17.8 Å². The van der Waals surface area contributed by atoms with E-state index in [2.05, 4.69) is 21.2 Å². The van der Waals surface area contributed by atoms with E-state index in [-0.39, 0.29) is 18.6 Å². The Kier molecular flexibility index (Phi) is 5.62. The predicted molar refractivity (Wildman–Crippen MR) is 73.9 cm³/mol. The van der Waals surface area contributed by atoms with Crippen molar-refractivity contribution in [2.45, 2.75) is 33.0 Å². The van der Waals surface area contributed by atoms with Gasteiger partial charge in [0.2, 0.25) is 0 Å². The van der Waals surface area contributed by atoms with Crippen LogP contribution < -0.4 is 10.1 Å². The molecule has 18 heavy (non-hydrogen) atoms. The average Bonchev–Trinajstić information content (AvgIpc) is 2.25. The van der Waals surface area contributed by atoms with E-state index in [0.717, 1.165) is 4.47 Å². The second-order valence-corrected chi connectivity index (χ2v) is 5.28. The number of aliphatic hydroxyl groups is 1. The Bertz CT molecular complexity index is 419. The van der Waals surface area contributed by atoms with Crippen LogP contribution in [0, 0.1) is 0 Å². The lowest BCUT2D eigenvalue weighted by molar-refractivity contribution is 0.0918. The zero-order chi connectivity index (χ0) is 13.7. The third-order valence-corrected chi connectivity index (χ3v) is 2.60. The number of halogens is 1. The number of ether oxygens (including phenoxy) is 1. The number of aliphatic hydroxyl groups excluding tert-OH is 1. The fourth-order valence-corrected chi connectivity index (χ4v) is 1.71. The Balaban J connectivity index is 2.89. The molecule has 0 spiro atoms. The van der Waals surface area contributed by atoms with E-state index in [4.69, 9.17) is 9.84 Å². The molecule has 0 saturated carbocycles. The standard InChI is InChI=1S/C13H18BrNO3/c1-8(2)18-12-6-10(14)4-5-11(12)13(17)15-7-9(3)16/h4-6,8-9,16H,7H2,1-3H3,(H,15,17). The summed E-state index contributed by atoms with van der Waals surface area (Å²) in [7, 11) is 0. The molecule has 1 unspecified atom stereocenters. The normalized spacial score (nSPS) is 12.3. The molecule has 5 heteroatoms. The summed E-state index contributed by atoms with van der Waals surface area (Å²) in [6.07, 6.45) is -0.582. The van der Waals surface area contributed by atoms with Crippen LogP contribution in [0.15, 0.2) is 22.7 Å². The van der Waals surface area contributed by atoms with Crippen LogP contribution in [0.1, 0.15) is 31.1 Å². The molecule has 0 aliphatic rings. The summed E-state index contributed by atoms with van der Waals surface area (Å²) in [6, 6.07) is 5.24. The molecule has 2 N–H and O–H groups in total. The lowest BCUT2D eigenvalue weighted by atomic mass is 10.2. The third kappa shape index (κ3) is 4.66. The Morgan fingerprint density at radius 2 is 2.11 bits per heavy atom. The smallest absolute Gasteiger partial charge is 0.255 e. The van der Waals surface area contributed by atoms with Crippen LogP contribution in [-0.2, 0) is 0 Å². The summed E-state index contributed by atoms with van der Waals surface area (Å²) in [5.74, 6) is 0.279. The number of carbonyl (C=O) groups excluding carboxylic acids is 1. The molecule has 1 amide bonds. The molecule has 0 aliphatic heterocycles. The van der Waals surface area contributed by atoms with Gasteiger partial charge in [0, 0.05) is 11.0 Å². The molecule has 0 heterocycles. The first kappa shape index (κ1) is 15.0. The molecule has 0 saturated heterocycles. The van der Waals surface area contributed by atoms with E-state index >= 15 is 0 Å². The first-order valence-electron chi connectivity index (χ1n) is 5.82. The minimum Gasteiger partial charge on any atom is -0.490 e. The first-order valence-corrected chi connectivity index (χ1v) is 6.62. The number of benzene rings is 1. The summed E-state index contributed by atoms with van der Waals surface area (Å²) >= 11 is 3.35. The van der Waals surface area contributed by atoms with Crippen molar-refractivity contribution >= 4 is 21.8 Å². The van der Waals surface area contributed by atoms with Crippen molar-refractivity contribution in [2.24, 2.45) is 0 Å². The van der Waals surface area contributed by atoms with Crippen molar-refractivity contribution in [3.63, 3.8) is 0 Å². The Hall–Kier alpha value is -1.07. The number of amides is 1. The average molecular weight is 316 g/mol. The van der Waals surface area contributed by atoms with Crippen LogP contribution >= 0.6 is 15.9 Å². The van der Waals surface area contributed by atoms with Crippen LogP contribution in [0.4, 0.5) is 0 Å². The lowest BCUT2D eigenvalue weighted by Crippen LogP contribution is -2.31. The van der Waals surface area contributed by atoms with Gasteiger partial charge in [-0.25, -0.2) is 0 Å². The third-order valence-electron chi connectivity index (χ3n) is 2.11. The monoisotopic (exact) mass is 315 g/mol. The number of hydrogen-bond donors (Lipinski definition) is 2. The molecule has 0 bridgehead atoms. The van der Waals surface area contributed by atoms with Gasteiger partial charge < -0.3 is 15.2 Å². The summed E-state index contributed by atoms with van der Waals surface area (Å²) in [6.45, 7) is 5.64. The highest BCUT2D eigenvalue weighted by atomic mass is 79.9. The highest BCUT2D eigenvalue weighted by molar-refractivity contribution is 9.10. The highest BCUT2D eigenvalue weighted by Gasteiger charge is 2.14. The van der Waals surface area contributed by atoms with Gasteiger partial charge in [-0.3, -0.25) is 4.79 Å². The van der Waals surface area contributed by atoms with Crippen LogP contribution in [0.25, 0.3) is 0 Å². The second kappa shape index (κ2) is 6.75. The first-order chi connectivity index (χ1) is 8.40. The molecule has 0 radical (unpaired) electrons. The molecule has 0 aromatic heterocycles. The maximum absolute atomic E-state index is 11.9. The van der Waals surface area contributed by atoms with Gasteiger partial charge in [-0.05, 0) is 39.0 Å². The Morgan fingerprint density at radius 1 is 1.44 bits per heavy atom. The van der Waals surface area contributed by atoms with Gasteiger partial charge in [-0.2, -0.15) is 0 Å². The van der Waals surface area contributed by atoms with Crippen LogP contribution in [0.3, 0.4) is 0 Å². The van der Waals surface area contributed by atoms with Crippen LogP contribution in [-0.4, -0.2) is 29.8 Å². The van der Waals surface area contributed by atoms with Crippen molar-refractivity contribution < 1.29 is 14.6 Å². The number of rotatable bonds is 5. The van der Waals surface area contributed by atoms with Gasteiger partial charge in [0.15, 0.2) is 0 Å². The Morgan fingerprint density at radius 3 is 2.67 bits per heavy atom. The summed E-state index contributed by atoms with van der Waals surface area (Å²) in [4.78, 5) is 11.9. The topological polar surface area (TPSA) is 58.6 Å². The van der Waals surface area contributed by atoms with E-state index in [0.29, 0.717) is 11.3 Å². The van der Waals surface area contributed by atoms with Crippen molar-refractivity contribution in [1.82, 2.24) is 5.32 Å². The van der Waals surface area contributed by atoms with E-state index < -0.39 is 6.10 Å². The number of hydrogen-bond acceptors (Lipinski definition) is 3. The fourth-order valence-electron chi connectivity index (χ4n) is 1.37. The lowest BCUT2D eigenvalue weighted by Gasteiger charge is -2.15. The van der Waals surface area contributed by atoms with E-state index in [1.165, 1.54) is 0 Å². The SMILES string of the molecule is CC(O)CNC(=O)c1ccc(Br)cc1OC(C)C.